The summed E-state index contributed by atoms with van der Waals surface area (Å²) >= 11 is 6.05. The molecule has 9 heteroatoms. The third-order valence-corrected chi connectivity index (χ3v) is 6.25. The highest BCUT2D eigenvalue weighted by atomic mass is 35.5. The van der Waals surface area contributed by atoms with Crippen LogP contribution in [0.15, 0.2) is 47.3 Å². The van der Waals surface area contributed by atoms with E-state index in [2.05, 4.69) is 9.97 Å². The Morgan fingerprint density at radius 1 is 1.24 bits per heavy atom. The van der Waals surface area contributed by atoms with Crippen molar-refractivity contribution < 1.29 is 14.0 Å². The summed E-state index contributed by atoms with van der Waals surface area (Å²) in [5.74, 6) is -0.659. The molecule has 1 aromatic heterocycles. The number of benzene rings is 2. The van der Waals surface area contributed by atoms with Gasteiger partial charge in [0.25, 0.3) is 11.5 Å². The van der Waals surface area contributed by atoms with E-state index >= 15 is 0 Å². The Balaban J connectivity index is 1.51. The standard InChI is InChI=1S/C25H26ClFN4O3/c1-2-11-30(15-22-28-21-13-18(26)7-10-20(21)23(32)29-22)25(34)17-4-3-12-31(14-17)24(33)16-5-8-19(27)9-6-16/h5-10,13,17H,2-4,11-12,14-15H2,1H3,(H,28,29,32). The van der Waals surface area contributed by atoms with Crippen LogP contribution in [-0.4, -0.2) is 51.2 Å². The number of nitrogens with one attached hydrogen (secondary N) is 1. The highest BCUT2D eigenvalue weighted by molar-refractivity contribution is 6.31. The van der Waals surface area contributed by atoms with E-state index in [9.17, 15) is 18.8 Å². The molecule has 2 amide bonds. The minimum Gasteiger partial charge on any atom is -0.338 e. The van der Waals surface area contributed by atoms with Crippen LogP contribution in [0.25, 0.3) is 10.9 Å². The number of halogens is 2. The van der Waals surface area contributed by atoms with Crippen molar-refractivity contribution in [1.82, 2.24) is 19.8 Å². The van der Waals surface area contributed by atoms with Crippen molar-refractivity contribution in [3.8, 4) is 0 Å². The zero-order chi connectivity index (χ0) is 24.2. The topological polar surface area (TPSA) is 86.4 Å². The fourth-order valence-electron chi connectivity index (χ4n) is 4.35. The number of carbonyl (C=O) groups excluding carboxylic acids is 2. The lowest BCUT2D eigenvalue weighted by Gasteiger charge is -2.35. The smallest absolute Gasteiger partial charge is 0.258 e. The Morgan fingerprint density at radius 3 is 2.74 bits per heavy atom. The Hall–Kier alpha value is -3.26. The summed E-state index contributed by atoms with van der Waals surface area (Å²) in [7, 11) is 0. The summed E-state index contributed by atoms with van der Waals surface area (Å²) < 4.78 is 13.2. The van der Waals surface area contributed by atoms with E-state index in [0.717, 1.165) is 6.42 Å². The Kier molecular flexibility index (Phi) is 7.26. The summed E-state index contributed by atoms with van der Waals surface area (Å²) in [6.45, 7) is 3.48. The monoisotopic (exact) mass is 484 g/mol. The lowest BCUT2D eigenvalue weighted by molar-refractivity contribution is -0.137. The van der Waals surface area contributed by atoms with Crippen LogP contribution in [0.4, 0.5) is 4.39 Å². The molecule has 0 saturated carbocycles. The number of nitrogens with zero attached hydrogens (tertiary/aromatic N) is 3. The number of fused-ring (bicyclic) bond motifs is 1. The van der Waals surface area contributed by atoms with E-state index in [0.29, 0.717) is 59.8 Å². The number of carbonyl (C=O) groups is 2. The largest absolute Gasteiger partial charge is 0.338 e. The second kappa shape index (κ2) is 10.3. The Morgan fingerprint density at radius 2 is 2.00 bits per heavy atom. The zero-order valence-electron chi connectivity index (χ0n) is 18.9. The predicted molar refractivity (Wildman–Crippen MR) is 128 cm³/mol. The van der Waals surface area contributed by atoms with E-state index in [1.807, 2.05) is 6.92 Å². The maximum absolute atomic E-state index is 13.4. The van der Waals surface area contributed by atoms with Crippen LogP contribution >= 0.6 is 11.6 Å². The van der Waals surface area contributed by atoms with Gasteiger partial charge in [0.05, 0.1) is 23.4 Å². The molecule has 0 radical (unpaired) electrons. The van der Waals surface area contributed by atoms with Gasteiger partial charge in [-0.2, -0.15) is 0 Å². The summed E-state index contributed by atoms with van der Waals surface area (Å²) in [5.41, 5.74) is 0.592. The number of hydrogen-bond acceptors (Lipinski definition) is 4. The number of aromatic nitrogens is 2. The number of likely N-dealkylation sites (tertiary alicyclic amines) is 1. The SMILES string of the molecule is CCCN(Cc1nc2cc(Cl)ccc2c(=O)[nH]1)C(=O)C1CCCN(C(=O)c2ccc(F)cc2)C1. The highest BCUT2D eigenvalue weighted by Gasteiger charge is 2.31. The molecular formula is C25H26ClFN4O3. The molecule has 2 heterocycles. The fraction of sp³-hybridized carbons (Fsp3) is 0.360. The molecule has 178 valence electrons. The van der Waals surface area contributed by atoms with Gasteiger partial charge in [-0.1, -0.05) is 18.5 Å². The molecule has 0 bridgehead atoms. The molecule has 1 atom stereocenters. The molecule has 1 saturated heterocycles. The molecule has 0 spiro atoms. The highest BCUT2D eigenvalue weighted by Crippen LogP contribution is 2.22. The van der Waals surface area contributed by atoms with Crippen LogP contribution in [0.1, 0.15) is 42.4 Å². The van der Waals surface area contributed by atoms with Gasteiger partial charge in [0.15, 0.2) is 0 Å². The third-order valence-electron chi connectivity index (χ3n) is 6.01. The van der Waals surface area contributed by atoms with Crippen molar-refractivity contribution >= 4 is 34.3 Å². The van der Waals surface area contributed by atoms with Crippen molar-refractivity contribution in [1.29, 1.82) is 0 Å². The summed E-state index contributed by atoms with van der Waals surface area (Å²) in [5, 5.41) is 0.912. The maximum atomic E-state index is 13.4. The van der Waals surface area contributed by atoms with Crippen LogP contribution in [0, 0.1) is 11.7 Å². The fourth-order valence-corrected chi connectivity index (χ4v) is 4.52. The molecular weight excluding hydrogens is 459 g/mol. The van der Waals surface area contributed by atoms with Crippen molar-refractivity contribution in [2.24, 2.45) is 5.92 Å². The lowest BCUT2D eigenvalue weighted by atomic mass is 9.95. The number of H-pyrrole nitrogens is 1. The normalized spacial score (nSPS) is 16.0. The number of amides is 2. The van der Waals surface area contributed by atoms with Crippen molar-refractivity contribution in [3.05, 3.63) is 75.0 Å². The summed E-state index contributed by atoms with van der Waals surface area (Å²) in [6, 6.07) is 10.3. The van der Waals surface area contributed by atoms with Crippen LogP contribution in [-0.2, 0) is 11.3 Å². The molecule has 0 aliphatic carbocycles. The van der Waals surface area contributed by atoms with Gasteiger partial charge in [-0.15, -0.1) is 0 Å². The van der Waals surface area contributed by atoms with Crippen LogP contribution in [0.5, 0.6) is 0 Å². The number of aromatic amines is 1. The Bertz CT molecular complexity index is 1260. The Labute approximate surface area is 201 Å². The second-order valence-electron chi connectivity index (χ2n) is 8.53. The first-order chi connectivity index (χ1) is 16.4. The average Bonchev–Trinajstić information content (AvgIpc) is 2.83. The van der Waals surface area contributed by atoms with Gasteiger partial charge in [0, 0.05) is 30.2 Å². The number of rotatable bonds is 6. The molecule has 3 aromatic rings. The van der Waals surface area contributed by atoms with Crippen LogP contribution in [0.3, 0.4) is 0 Å². The molecule has 1 N–H and O–H groups in total. The first-order valence-corrected chi connectivity index (χ1v) is 11.8. The minimum absolute atomic E-state index is 0.0766. The van der Waals surface area contributed by atoms with E-state index in [-0.39, 0.29) is 29.8 Å². The number of hydrogen-bond donors (Lipinski definition) is 1. The molecule has 1 aliphatic rings. The quantitative estimate of drug-likeness (QED) is 0.573. The van der Waals surface area contributed by atoms with Crippen LogP contribution < -0.4 is 5.56 Å². The summed E-state index contributed by atoms with van der Waals surface area (Å²) in [4.78, 5) is 49.4. The van der Waals surface area contributed by atoms with Gasteiger partial charge in [-0.3, -0.25) is 14.4 Å². The van der Waals surface area contributed by atoms with Gasteiger partial charge in [0.2, 0.25) is 5.91 Å². The third kappa shape index (κ3) is 5.28. The maximum Gasteiger partial charge on any atom is 0.258 e. The van der Waals surface area contributed by atoms with Gasteiger partial charge >= 0.3 is 0 Å². The first-order valence-electron chi connectivity index (χ1n) is 11.4. The molecule has 2 aromatic carbocycles. The van der Waals surface area contributed by atoms with E-state index < -0.39 is 5.82 Å². The molecule has 1 unspecified atom stereocenters. The van der Waals surface area contributed by atoms with Crippen LogP contribution in [0.2, 0.25) is 5.02 Å². The first kappa shape index (κ1) is 23.9. The number of piperidine rings is 1. The average molecular weight is 485 g/mol. The lowest BCUT2D eigenvalue weighted by Crippen LogP contribution is -2.47. The van der Waals surface area contributed by atoms with E-state index in [4.69, 9.17) is 11.6 Å². The van der Waals surface area contributed by atoms with E-state index in [1.165, 1.54) is 24.3 Å². The van der Waals surface area contributed by atoms with Gasteiger partial charge < -0.3 is 14.8 Å². The predicted octanol–water partition coefficient (Wildman–Crippen LogP) is 4.01. The van der Waals surface area contributed by atoms with Gasteiger partial charge in [-0.05, 0) is 61.7 Å². The molecule has 4 rings (SSSR count). The van der Waals surface area contributed by atoms with E-state index in [1.54, 1.807) is 28.0 Å². The second-order valence-corrected chi connectivity index (χ2v) is 8.97. The van der Waals surface area contributed by atoms with Crippen molar-refractivity contribution in [2.75, 3.05) is 19.6 Å². The molecule has 34 heavy (non-hydrogen) atoms. The van der Waals surface area contributed by atoms with Crippen molar-refractivity contribution in [2.45, 2.75) is 32.7 Å². The zero-order valence-corrected chi connectivity index (χ0v) is 19.6. The van der Waals surface area contributed by atoms with Gasteiger partial charge in [-0.25, -0.2) is 9.37 Å². The van der Waals surface area contributed by atoms with Crippen molar-refractivity contribution in [3.63, 3.8) is 0 Å². The molecule has 1 aliphatic heterocycles. The molecule has 1 fully saturated rings. The van der Waals surface area contributed by atoms with Gasteiger partial charge in [0.1, 0.15) is 11.6 Å². The summed E-state index contributed by atoms with van der Waals surface area (Å²) in [6.07, 6.45) is 2.11. The molecule has 7 nitrogen and oxygen atoms in total. The minimum atomic E-state index is -0.402.